The number of nitrogens with zero attached hydrogens (tertiary/aromatic N) is 1. The molecule has 0 spiro atoms. The monoisotopic (exact) mass is 377 g/mol. The van der Waals surface area contributed by atoms with Crippen LogP contribution in [0.15, 0.2) is 29.6 Å². The van der Waals surface area contributed by atoms with E-state index in [0.29, 0.717) is 5.69 Å². The molecule has 0 bridgehead atoms. The molecule has 1 aromatic heterocycles. The van der Waals surface area contributed by atoms with E-state index in [2.05, 4.69) is 15.6 Å². The summed E-state index contributed by atoms with van der Waals surface area (Å²) in [6.07, 6.45) is 2.07. The van der Waals surface area contributed by atoms with E-state index in [1.807, 2.05) is 0 Å². The quantitative estimate of drug-likeness (QED) is 0.862. The molecule has 3 rings (SSSR count). The molecule has 1 aromatic carbocycles. The fraction of sp³-hybridized carbons (Fsp3) is 0.333. The Balaban J connectivity index is 0.00000132. The number of aromatic nitrogens is 1. The number of nitrogens with one attached hydrogen (secondary N) is 2. The highest BCUT2D eigenvalue weighted by Gasteiger charge is 2.18. The van der Waals surface area contributed by atoms with Crippen LogP contribution in [0.3, 0.4) is 0 Å². The maximum atomic E-state index is 12.9. The molecule has 0 aliphatic carbocycles. The molecule has 0 radical (unpaired) electrons. The molecule has 2 heterocycles. The van der Waals surface area contributed by atoms with Crippen molar-refractivity contribution >= 4 is 42.1 Å². The summed E-state index contributed by atoms with van der Waals surface area (Å²) in [6, 6.07) is 6.29. The Hall–Kier alpha value is -1.21. The van der Waals surface area contributed by atoms with Gasteiger partial charge in [0.1, 0.15) is 16.5 Å². The lowest BCUT2D eigenvalue weighted by molar-refractivity contribution is 0.0926. The van der Waals surface area contributed by atoms with Gasteiger partial charge in [0.25, 0.3) is 5.91 Å². The average Bonchev–Trinajstić information content (AvgIpc) is 2.99. The van der Waals surface area contributed by atoms with Crippen molar-refractivity contribution in [3.63, 3.8) is 0 Å². The van der Waals surface area contributed by atoms with Crippen molar-refractivity contribution in [1.82, 2.24) is 15.6 Å². The second-order valence-corrected chi connectivity index (χ2v) is 5.92. The molecule has 1 amide bonds. The largest absolute Gasteiger partial charge is 0.347 e. The van der Waals surface area contributed by atoms with E-state index in [4.69, 9.17) is 0 Å². The topological polar surface area (TPSA) is 54.0 Å². The standard InChI is InChI=1S/C15H16FN3OS.2ClH/c16-11-5-3-10(4-6-11)15-19-13(9-21-15)14(20)18-12-2-1-7-17-8-12;;/h3-6,9,12,17H,1-2,7-8H2,(H,18,20);2*1H. The molecule has 1 fully saturated rings. The van der Waals surface area contributed by atoms with Gasteiger partial charge in [0.05, 0.1) is 0 Å². The average molecular weight is 378 g/mol. The Morgan fingerprint density at radius 2 is 2.04 bits per heavy atom. The summed E-state index contributed by atoms with van der Waals surface area (Å²) in [7, 11) is 0. The third kappa shape index (κ3) is 5.14. The van der Waals surface area contributed by atoms with Crippen molar-refractivity contribution in [3.05, 3.63) is 41.2 Å². The fourth-order valence-electron chi connectivity index (χ4n) is 2.34. The maximum absolute atomic E-state index is 12.9. The van der Waals surface area contributed by atoms with Gasteiger partial charge in [-0.15, -0.1) is 36.2 Å². The van der Waals surface area contributed by atoms with Crippen LogP contribution in [-0.4, -0.2) is 30.0 Å². The summed E-state index contributed by atoms with van der Waals surface area (Å²) >= 11 is 1.39. The summed E-state index contributed by atoms with van der Waals surface area (Å²) in [4.78, 5) is 16.5. The van der Waals surface area contributed by atoms with Gasteiger partial charge in [-0.25, -0.2) is 9.37 Å². The van der Waals surface area contributed by atoms with Crippen molar-refractivity contribution in [2.75, 3.05) is 13.1 Å². The third-order valence-electron chi connectivity index (χ3n) is 3.46. The van der Waals surface area contributed by atoms with E-state index >= 15 is 0 Å². The molecular weight excluding hydrogens is 360 g/mol. The molecule has 1 atom stereocenters. The molecule has 1 aliphatic rings. The molecule has 2 aromatic rings. The number of halogens is 3. The highest BCUT2D eigenvalue weighted by Crippen LogP contribution is 2.23. The van der Waals surface area contributed by atoms with Crippen molar-refractivity contribution in [2.45, 2.75) is 18.9 Å². The first kappa shape index (κ1) is 19.8. The van der Waals surface area contributed by atoms with Gasteiger partial charge in [-0.05, 0) is 43.7 Å². The number of hydrogen-bond acceptors (Lipinski definition) is 4. The molecule has 1 saturated heterocycles. The first-order valence-electron chi connectivity index (χ1n) is 6.95. The van der Waals surface area contributed by atoms with E-state index in [0.717, 1.165) is 36.5 Å². The number of piperidine rings is 1. The Bertz CT molecular complexity index is 630. The van der Waals surface area contributed by atoms with Crippen LogP contribution in [0, 0.1) is 5.82 Å². The highest BCUT2D eigenvalue weighted by atomic mass is 35.5. The fourth-order valence-corrected chi connectivity index (χ4v) is 3.14. The third-order valence-corrected chi connectivity index (χ3v) is 4.35. The second-order valence-electron chi connectivity index (χ2n) is 5.06. The van der Waals surface area contributed by atoms with Crippen LogP contribution in [-0.2, 0) is 0 Å². The molecule has 126 valence electrons. The van der Waals surface area contributed by atoms with Crippen molar-refractivity contribution < 1.29 is 9.18 Å². The summed E-state index contributed by atoms with van der Waals surface area (Å²) in [5.74, 6) is -0.425. The molecule has 1 unspecified atom stereocenters. The normalized spacial score (nSPS) is 16.8. The maximum Gasteiger partial charge on any atom is 0.271 e. The van der Waals surface area contributed by atoms with Crippen molar-refractivity contribution in [1.29, 1.82) is 0 Å². The Labute approximate surface area is 150 Å². The van der Waals surface area contributed by atoms with E-state index in [1.165, 1.54) is 23.5 Å². The number of benzene rings is 1. The van der Waals surface area contributed by atoms with Gasteiger partial charge >= 0.3 is 0 Å². The number of amides is 1. The van der Waals surface area contributed by atoms with Crippen molar-refractivity contribution in [2.24, 2.45) is 0 Å². The Morgan fingerprint density at radius 1 is 1.30 bits per heavy atom. The van der Waals surface area contributed by atoms with E-state index < -0.39 is 0 Å². The molecule has 2 N–H and O–H groups in total. The number of thiazole rings is 1. The van der Waals surface area contributed by atoms with Crippen LogP contribution in [0.2, 0.25) is 0 Å². The highest BCUT2D eigenvalue weighted by molar-refractivity contribution is 7.13. The zero-order valence-electron chi connectivity index (χ0n) is 12.3. The Morgan fingerprint density at radius 3 is 2.70 bits per heavy atom. The Kier molecular flexibility index (Phi) is 7.91. The van der Waals surface area contributed by atoms with Gasteiger partial charge < -0.3 is 10.6 Å². The van der Waals surface area contributed by atoms with Crippen LogP contribution in [0.25, 0.3) is 10.6 Å². The molecule has 8 heteroatoms. The number of carbonyl (C=O) groups is 1. The lowest BCUT2D eigenvalue weighted by Crippen LogP contribution is -2.45. The SMILES string of the molecule is Cl.Cl.O=C(NC1CCCNC1)c1csc(-c2ccc(F)cc2)n1. The predicted octanol–water partition coefficient (Wildman–Crippen LogP) is 3.27. The zero-order chi connectivity index (χ0) is 14.7. The number of hydrogen-bond donors (Lipinski definition) is 2. The lowest BCUT2D eigenvalue weighted by Gasteiger charge is -2.23. The number of rotatable bonds is 3. The van der Waals surface area contributed by atoms with Gasteiger partial charge in [0.15, 0.2) is 0 Å². The van der Waals surface area contributed by atoms with Gasteiger partial charge in [-0.1, -0.05) is 0 Å². The predicted molar refractivity (Wildman–Crippen MR) is 95.4 cm³/mol. The van der Waals surface area contributed by atoms with E-state index in [1.54, 1.807) is 17.5 Å². The van der Waals surface area contributed by atoms with Gasteiger partial charge in [0.2, 0.25) is 0 Å². The summed E-state index contributed by atoms with van der Waals surface area (Å²) < 4.78 is 12.9. The van der Waals surface area contributed by atoms with Crippen molar-refractivity contribution in [3.8, 4) is 10.6 Å². The molecule has 4 nitrogen and oxygen atoms in total. The molecule has 0 saturated carbocycles. The van der Waals surface area contributed by atoms with Crippen LogP contribution in [0.1, 0.15) is 23.3 Å². The minimum absolute atomic E-state index is 0. The second kappa shape index (κ2) is 9.17. The lowest BCUT2D eigenvalue weighted by atomic mass is 10.1. The molecular formula is C15H18Cl2FN3OS. The molecule has 23 heavy (non-hydrogen) atoms. The number of carbonyl (C=O) groups excluding carboxylic acids is 1. The van der Waals surface area contributed by atoms with Crippen LogP contribution < -0.4 is 10.6 Å². The molecule has 1 aliphatic heterocycles. The summed E-state index contributed by atoms with van der Waals surface area (Å²) in [5.41, 5.74) is 1.24. The van der Waals surface area contributed by atoms with Gasteiger partial charge in [-0.2, -0.15) is 0 Å². The summed E-state index contributed by atoms with van der Waals surface area (Å²) in [5, 5.41) is 8.72. The summed E-state index contributed by atoms with van der Waals surface area (Å²) in [6.45, 7) is 1.82. The minimum Gasteiger partial charge on any atom is -0.347 e. The van der Waals surface area contributed by atoms with Gasteiger partial charge in [-0.3, -0.25) is 4.79 Å². The first-order valence-corrected chi connectivity index (χ1v) is 7.83. The minimum atomic E-state index is -0.280. The van der Waals surface area contributed by atoms with Crippen LogP contribution in [0.5, 0.6) is 0 Å². The van der Waals surface area contributed by atoms with Gasteiger partial charge in [0, 0.05) is 23.5 Å². The smallest absolute Gasteiger partial charge is 0.271 e. The van der Waals surface area contributed by atoms with Crippen LogP contribution in [0.4, 0.5) is 4.39 Å². The van der Waals surface area contributed by atoms with Crippen LogP contribution >= 0.6 is 36.2 Å². The first-order chi connectivity index (χ1) is 10.2. The van der Waals surface area contributed by atoms with E-state index in [-0.39, 0.29) is 42.6 Å². The zero-order valence-corrected chi connectivity index (χ0v) is 14.7. The van der Waals surface area contributed by atoms with E-state index in [9.17, 15) is 9.18 Å².